The van der Waals surface area contributed by atoms with Crippen molar-refractivity contribution >= 4 is 59.0 Å². The summed E-state index contributed by atoms with van der Waals surface area (Å²) in [5.74, 6) is 0.545. The molecule has 0 saturated carbocycles. The lowest BCUT2D eigenvalue weighted by Gasteiger charge is -2.46. The highest BCUT2D eigenvalue weighted by atomic mass is 35.5. The van der Waals surface area contributed by atoms with E-state index in [2.05, 4.69) is 49.4 Å². The monoisotopic (exact) mass is 558 g/mol. The van der Waals surface area contributed by atoms with Gasteiger partial charge in [0.05, 0.1) is 26.7 Å². The minimum Gasteiger partial charge on any atom is -0.409 e. The molecule has 9 heteroatoms. The number of ether oxygens (including phenoxy) is 1. The van der Waals surface area contributed by atoms with Crippen molar-refractivity contribution in [2.24, 2.45) is 4.74 Å². The maximum absolute atomic E-state index is 14.0. The number of rotatable bonds is 8. The first-order valence-electron chi connectivity index (χ1n) is 12.6. The molecule has 196 valence electrons. The van der Waals surface area contributed by atoms with Crippen LogP contribution < -0.4 is 19.6 Å². The fourth-order valence-corrected chi connectivity index (χ4v) is 8.84. The van der Waals surface area contributed by atoms with Crippen LogP contribution in [-0.2, 0) is 0 Å². The Labute approximate surface area is 229 Å². The lowest BCUT2D eigenvalue weighted by molar-refractivity contribution is 0.210. The lowest BCUT2D eigenvalue weighted by atomic mass is 10.2. The fraction of sp³-hybridized carbons (Fsp3) is 0.321. The first-order valence-corrected chi connectivity index (χ1v) is 15.0. The lowest BCUT2D eigenvalue weighted by Crippen LogP contribution is -2.46. The van der Waals surface area contributed by atoms with E-state index in [9.17, 15) is 4.79 Å². The Bertz CT molecular complexity index is 1360. The highest BCUT2D eigenvalue weighted by Gasteiger charge is 2.46. The van der Waals surface area contributed by atoms with Crippen molar-refractivity contribution in [1.82, 2.24) is 4.67 Å². The van der Waals surface area contributed by atoms with E-state index in [1.54, 1.807) is 22.9 Å². The van der Waals surface area contributed by atoms with Crippen LogP contribution in [0.5, 0.6) is 5.75 Å². The largest absolute Gasteiger partial charge is 0.425 e. The Morgan fingerprint density at radius 1 is 0.892 bits per heavy atom. The molecule has 0 fully saturated rings. The Kier molecular flexibility index (Phi) is 8.55. The summed E-state index contributed by atoms with van der Waals surface area (Å²) in [6.45, 7) is 13.5. The van der Waals surface area contributed by atoms with Gasteiger partial charge in [0.25, 0.3) is 0 Å². The second-order valence-corrected chi connectivity index (χ2v) is 12.3. The van der Waals surface area contributed by atoms with Gasteiger partial charge in [-0.2, -0.15) is 0 Å². The molecule has 1 aliphatic heterocycles. The van der Waals surface area contributed by atoms with Crippen LogP contribution in [0.2, 0.25) is 10.0 Å². The van der Waals surface area contributed by atoms with Crippen molar-refractivity contribution in [2.45, 2.75) is 34.6 Å². The van der Waals surface area contributed by atoms with Crippen molar-refractivity contribution in [2.75, 3.05) is 35.7 Å². The van der Waals surface area contributed by atoms with Gasteiger partial charge in [-0.15, -0.1) is 0 Å². The summed E-state index contributed by atoms with van der Waals surface area (Å²) in [6.07, 6.45) is -0.486. The summed E-state index contributed by atoms with van der Waals surface area (Å²) in [7, 11) is -2.93. The highest BCUT2D eigenvalue weighted by Crippen LogP contribution is 2.63. The minimum absolute atomic E-state index is 0.364. The smallest absolute Gasteiger partial charge is 0.409 e. The standard InChI is InChI=1S/C28H33Cl2N4O2P/c1-6-32(7-2)21-15-17-27-26(19-21)36-28(35)34(22-14-16-23(29)24(30)18-22)37(27,33(8-3)9-4)31-25-13-11-10-12-20(25)5/h10-19H,6-9H2,1-5H3/t37-/m0/s1. The second-order valence-electron chi connectivity index (χ2n) is 8.70. The van der Waals surface area contributed by atoms with E-state index < -0.39 is 13.4 Å². The van der Waals surface area contributed by atoms with Crippen LogP contribution in [0, 0.1) is 6.92 Å². The van der Waals surface area contributed by atoms with E-state index in [1.807, 2.05) is 37.3 Å². The number of hydrogen-bond donors (Lipinski definition) is 0. The maximum Gasteiger partial charge on any atom is 0.425 e. The van der Waals surface area contributed by atoms with Crippen LogP contribution in [-0.4, -0.2) is 36.9 Å². The van der Waals surface area contributed by atoms with E-state index in [0.29, 0.717) is 34.6 Å². The number of carbonyl (C=O) groups is 1. The molecule has 3 aromatic rings. The zero-order valence-electron chi connectivity index (χ0n) is 21.9. The zero-order chi connectivity index (χ0) is 26.7. The molecule has 6 nitrogen and oxygen atoms in total. The van der Waals surface area contributed by atoms with Crippen LogP contribution in [0.4, 0.5) is 21.9 Å². The van der Waals surface area contributed by atoms with Crippen molar-refractivity contribution in [3.63, 3.8) is 0 Å². The van der Waals surface area contributed by atoms with Gasteiger partial charge in [-0.25, -0.2) is 18.9 Å². The number of fused-ring (bicyclic) bond motifs is 1. The molecular weight excluding hydrogens is 526 g/mol. The molecule has 1 heterocycles. The second kappa shape index (κ2) is 11.5. The number of aryl methyl sites for hydroxylation is 1. The number of nitrogens with zero attached hydrogens (tertiary/aromatic N) is 4. The third-order valence-electron chi connectivity index (χ3n) is 6.68. The van der Waals surface area contributed by atoms with Gasteiger partial charge >= 0.3 is 6.09 Å². The van der Waals surface area contributed by atoms with E-state index in [0.717, 1.165) is 35.3 Å². The molecule has 1 aliphatic rings. The number of benzene rings is 3. The number of anilines is 2. The summed E-state index contributed by atoms with van der Waals surface area (Å²) >= 11 is 12.7. The van der Waals surface area contributed by atoms with Gasteiger partial charge in [0.2, 0.25) is 0 Å². The quantitative estimate of drug-likeness (QED) is 0.260. The molecule has 4 rings (SSSR count). The molecule has 1 atom stereocenters. The Balaban J connectivity index is 2.12. The molecule has 0 saturated heterocycles. The number of hydrogen-bond acceptors (Lipinski definition) is 4. The summed E-state index contributed by atoms with van der Waals surface area (Å²) in [5, 5.41) is 1.67. The number of carbonyl (C=O) groups excluding carboxylic acids is 1. The van der Waals surface area contributed by atoms with Gasteiger partial charge in [0, 0.05) is 37.9 Å². The van der Waals surface area contributed by atoms with Crippen molar-refractivity contribution in [1.29, 1.82) is 0 Å². The predicted molar refractivity (Wildman–Crippen MR) is 158 cm³/mol. The number of halogens is 2. The molecule has 0 spiro atoms. The molecule has 0 aliphatic carbocycles. The molecule has 0 unspecified atom stereocenters. The van der Waals surface area contributed by atoms with E-state index >= 15 is 0 Å². The summed E-state index contributed by atoms with van der Waals surface area (Å²) in [5.41, 5.74) is 3.47. The summed E-state index contributed by atoms with van der Waals surface area (Å²) in [4.78, 5) is 16.2. The van der Waals surface area contributed by atoms with Crippen LogP contribution in [0.3, 0.4) is 0 Å². The van der Waals surface area contributed by atoms with Crippen LogP contribution in [0.25, 0.3) is 0 Å². The highest BCUT2D eigenvalue weighted by molar-refractivity contribution is 7.74. The molecular formula is C28H33Cl2N4O2P. The normalized spacial score (nSPS) is 17.0. The van der Waals surface area contributed by atoms with Gasteiger partial charge in [-0.3, -0.25) is 0 Å². The van der Waals surface area contributed by atoms with Crippen LogP contribution in [0.15, 0.2) is 65.4 Å². The van der Waals surface area contributed by atoms with Gasteiger partial charge < -0.3 is 9.64 Å². The third kappa shape index (κ3) is 5.00. The van der Waals surface area contributed by atoms with Crippen LogP contribution in [0.1, 0.15) is 33.3 Å². The maximum atomic E-state index is 14.0. The Hall–Kier alpha value is -2.50. The van der Waals surface area contributed by atoms with Gasteiger partial charge in [0.1, 0.15) is 5.75 Å². The predicted octanol–water partition coefficient (Wildman–Crippen LogP) is 8.50. The molecule has 0 N–H and O–H groups in total. The third-order valence-corrected chi connectivity index (χ3v) is 11.2. The Morgan fingerprint density at radius 3 is 2.22 bits per heavy atom. The van der Waals surface area contributed by atoms with Gasteiger partial charge in [-0.05, 0) is 62.7 Å². The SMILES string of the molecule is CCN(CC)c1ccc2c(c1)OC(=O)N(c1ccc(Cl)c(Cl)c1)[P@@]2(=Nc1ccccc1C)N(CC)CC. The molecule has 37 heavy (non-hydrogen) atoms. The summed E-state index contributed by atoms with van der Waals surface area (Å²) < 4.78 is 15.5. The fourth-order valence-electron chi connectivity index (χ4n) is 4.74. The molecule has 0 aromatic heterocycles. The number of amides is 1. The van der Waals surface area contributed by atoms with E-state index in [-0.39, 0.29) is 0 Å². The zero-order valence-corrected chi connectivity index (χ0v) is 24.3. The van der Waals surface area contributed by atoms with Crippen molar-refractivity contribution in [3.8, 4) is 5.75 Å². The Morgan fingerprint density at radius 2 is 1.59 bits per heavy atom. The summed E-state index contributed by atoms with van der Waals surface area (Å²) in [6, 6.07) is 19.4. The molecule has 1 amide bonds. The molecule has 0 radical (unpaired) electrons. The van der Waals surface area contributed by atoms with Crippen LogP contribution >= 0.6 is 30.6 Å². The topological polar surface area (TPSA) is 48.4 Å². The van der Waals surface area contributed by atoms with Gasteiger partial charge in [0.15, 0.2) is 7.36 Å². The van der Waals surface area contributed by atoms with Crippen molar-refractivity contribution < 1.29 is 9.53 Å². The molecule has 3 aromatic carbocycles. The van der Waals surface area contributed by atoms with E-state index in [4.69, 9.17) is 32.7 Å². The molecule has 0 bridgehead atoms. The first-order chi connectivity index (χ1) is 17.8. The minimum atomic E-state index is -2.93. The average molecular weight is 559 g/mol. The van der Waals surface area contributed by atoms with Gasteiger partial charge in [-0.1, -0.05) is 55.2 Å². The van der Waals surface area contributed by atoms with Crippen molar-refractivity contribution in [3.05, 3.63) is 76.3 Å². The average Bonchev–Trinajstić information content (AvgIpc) is 2.88. The first kappa shape index (κ1) is 27.5. The van der Waals surface area contributed by atoms with E-state index in [1.165, 1.54) is 0 Å².